The Hall–Kier alpha value is -4.20. The minimum Gasteiger partial charge on any atom is -0.480 e. The number of alkyl carbamates (subject to hydrolysis) is 1. The fourth-order valence-electron chi connectivity index (χ4n) is 4.73. The number of hydrogen-bond acceptors (Lipinski definition) is 10. The highest BCUT2D eigenvalue weighted by atomic mass is 32.2. The number of nitrogens with one attached hydrogen (secondary N) is 1. The van der Waals surface area contributed by atoms with Gasteiger partial charge in [-0.2, -0.15) is 0 Å². The van der Waals surface area contributed by atoms with E-state index in [1.54, 1.807) is 38.7 Å². The van der Waals surface area contributed by atoms with E-state index < -0.39 is 33.2 Å². The molecule has 1 aromatic carbocycles. The first-order valence-corrected chi connectivity index (χ1v) is 16.1. The number of carbonyl (C=O) groups is 2. The molecule has 2 heterocycles. The molecule has 3 atom stereocenters. The van der Waals surface area contributed by atoms with Crippen molar-refractivity contribution in [2.75, 3.05) is 35.6 Å². The molecule has 0 unspecified atom stereocenters. The number of nitrogens with zero attached hydrogens (tertiary/aromatic N) is 5. The monoisotopic (exact) mass is 628 g/mol. The van der Waals surface area contributed by atoms with Gasteiger partial charge in [0.05, 0.1) is 6.26 Å². The van der Waals surface area contributed by atoms with E-state index in [0.717, 1.165) is 22.5 Å². The van der Waals surface area contributed by atoms with E-state index in [1.807, 2.05) is 30.3 Å². The van der Waals surface area contributed by atoms with Crippen LogP contribution in [0.3, 0.4) is 0 Å². The molecule has 1 aliphatic carbocycles. The fraction of sp³-hybridized carbons (Fsp3) is 0.500. The number of hydrogen-bond donors (Lipinski definition) is 2. The lowest BCUT2D eigenvalue weighted by molar-refractivity contribution is -0.135. The quantitative estimate of drug-likeness (QED) is 0.297. The first-order chi connectivity index (χ1) is 20.4. The van der Waals surface area contributed by atoms with Crippen molar-refractivity contribution in [3.05, 3.63) is 53.9 Å². The lowest BCUT2D eigenvalue weighted by Crippen LogP contribution is -2.47. The van der Waals surface area contributed by atoms with Crippen LogP contribution in [0, 0.1) is 11.8 Å². The standard InChI is InChI=1S/C30H40N6O7S/c1-19-13-22(19)17-36(18-25(37)38)24-15-21(14-23(31-24)35(6)44(7,40)41)26-33-34-27(42-26)30(5,16-20-11-9-8-10-12-20)32-28(39)43-29(2,3)4/h8-12,14-15,19,22H,13,16-18H2,1-7H3,(H,32,39)(H,37,38)/t19-,22+,30-/m1/s1. The van der Waals surface area contributed by atoms with Gasteiger partial charge in [-0.1, -0.05) is 37.3 Å². The Morgan fingerprint density at radius 1 is 1.11 bits per heavy atom. The molecule has 1 amide bonds. The Kier molecular flexibility index (Phi) is 9.24. The maximum Gasteiger partial charge on any atom is 0.408 e. The number of carboxylic acid groups (broad SMARTS) is 1. The van der Waals surface area contributed by atoms with Gasteiger partial charge in [0.2, 0.25) is 21.8 Å². The van der Waals surface area contributed by atoms with Crippen LogP contribution in [0.5, 0.6) is 0 Å². The number of carboxylic acids is 1. The van der Waals surface area contributed by atoms with Gasteiger partial charge in [-0.15, -0.1) is 10.2 Å². The zero-order chi connectivity index (χ0) is 32.4. The van der Waals surface area contributed by atoms with Crippen molar-refractivity contribution in [1.82, 2.24) is 20.5 Å². The van der Waals surface area contributed by atoms with Crippen molar-refractivity contribution in [2.24, 2.45) is 11.8 Å². The van der Waals surface area contributed by atoms with E-state index in [4.69, 9.17) is 9.15 Å². The molecular weight excluding hydrogens is 588 g/mol. The number of carbonyl (C=O) groups excluding carboxylic acids is 1. The van der Waals surface area contributed by atoms with E-state index in [2.05, 4.69) is 27.4 Å². The average Bonchev–Trinajstić information content (AvgIpc) is 3.37. The molecule has 3 aromatic rings. The lowest BCUT2D eigenvalue weighted by atomic mass is 9.92. The summed E-state index contributed by atoms with van der Waals surface area (Å²) in [7, 11) is -2.36. The van der Waals surface area contributed by atoms with Gasteiger partial charge in [0.25, 0.3) is 0 Å². The van der Waals surface area contributed by atoms with Crippen LogP contribution in [0.2, 0.25) is 0 Å². The van der Waals surface area contributed by atoms with Crippen LogP contribution in [0.1, 0.15) is 52.5 Å². The summed E-state index contributed by atoms with van der Waals surface area (Å²) >= 11 is 0. The molecule has 2 N–H and O–H groups in total. The van der Waals surface area contributed by atoms with Crippen molar-refractivity contribution >= 4 is 33.7 Å². The molecule has 1 aliphatic rings. The van der Waals surface area contributed by atoms with Gasteiger partial charge in [-0.05, 0) is 63.6 Å². The number of aromatic nitrogens is 3. The van der Waals surface area contributed by atoms with E-state index in [9.17, 15) is 23.1 Å². The maximum atomic E-state index is 12.9. The summed E-state index contributed by atoms with van der Waals surface area (Å²) < 4.78 is 37.6. The van der Waals surface area contributed by atoms with Gasteiger partial charge in [0, 0.05) is 25.6 Å². The predicted molar refractivity (Wildman–Crippen MR) is 165 cm³/mol. The van der Waals surface area contributed by atoms with E-state index in [-0.39, 0.29) is 30.0 Å². The minimum atomic E-state index is -3.71. The first kappa shape index (κ1) is 32.7. The fourth-order valence-corrected chi connectivity index (χ4v) is 5.16. The second kappa shape index (κ2) is 12.4. The van der Waals surface area contributed by atoms with Crippen LogP contribution < -0.4 is 14.5 Å². The number of anilines is 2. The van der Waals surface area contributed by atoms with E-state index >= 15 is 0 Å². The van der Waals surface area contributed by atoms with Crippen LogP contribution in [0.15, 0.2) is 46.9 Å². The molecule has 2 aromatic heterocycles. The Labute approximate surface area is 257 Å². The number of sulfonamides is 1. The normalized spacial score (nSPS) is 17.8. The second-order valence-electron chi connectivity index (χ2n) is 12.6. The van der Waals surface area contributed by atoms with E-state index in [1.165, 1.54) is 13.1 Å². The van der Waals surface area contributed by atoms with Crippen molar-refractivity contribution in [3.63, 3.8) is 0 Å². The molecule has 0 aliphatic heterocycles. The van der Waals surface area contributed by atoms with Crippen LogP contribution in [0.4, 0.5) is 16.4 Å². The third kappa shape index (κ3) is 8.46. The van der Waals surface area contributed by atoms with Crippen LogP contribution in [-0.2, 0) is 31.5 Å². The van der Waals surface area contributed by atoms with Gasteiger partial charge < -0.3 is 24.5 Å². The van der Waals surface area contributed by atoms with Crippen molar-refractivity contribution < 1.29 is 32.3 Å². The summed E-state index contributed by atoms with van der Waals surface area (Å²) in [6.07, 6.45) is 1.63. The summed E-state index contributed by atoms with van der Waals surface area (Å²) in [6.45, 7) is 9.23. The first-order valence-electron chi connectivity index (χ1n) is 14.3. The summed E-state index contributed by atoms with van der Waals surface area (Å²) in [5.74, 6) is 0.133. The van der Waals surface area contributed by atoms with Gasteiger partial charge >= 0.3 is 12.1 Å². The predicted octanol–water partition coefficient (Wildman–Crippen LogP) is 4.06. The van der Waals surface area contributed by atoms with Gasteiger partial charge in [0.1, 0.15) is 29.3 Å². The van der Waals surface area contributed by atoms with Crippen LogP contribution in [-0.4, -0.2) is 72.8 Å². The SMILES string of the molecule is C[C@@H]1C[C@H]1CN(CC(=O)O)c1cc(-c2nnc([C@@](C)(Cc3ccccc3)NC(=O)OC(C)(C)C)o2)cc(N(C)S(C)(=O)=O)n1. The number of pyridine rings is 1. The number of ether oxygens (including phenoxy) is 1. The molecule has 44 heavy (non-hydrogen) atoms. The molecule has 1 fully saturated rings. The van der Waals surface area contributed by atoms with Crippen LogP contribution in [0.25, 0.3) is 11.5 Å². The Bertz CT molecular complexity index is 1610. The second-order valence-corrected chi connectivity index (χ2v) is 14.6. The molecular formula is C30H40N6O7S. The molecule has 4 rings (SSSR count). The summed E-state index contributed by atoms with van der Waals surface area (Å²) in [5.41, 5.74) is -0.701. The number of amides is 1. The molecule has 0 spiro atoms. The zero-order valence-electron chi connectivity index (χ0n) is 26.1. The average molecular weight is 629 g/mol. The topological polar surface area (TPSA) is 168 Å². The zero-order valence-corrected chi connectivity index (χ0v) is 26.9. The molecule has 0 saturated heterocycles. The Morgan fingerprint density at radius 2 is 1.75 bits per heavy atom. The highest BCUT2D eigenvalue weighted by Crippen LogP contribution is 2.39. The Balaban J connectivity index is 1.77. The third-order valence-corrected chi connectivity index (χ3v) is 8.50. The summed E-state index contributed by atoms with van der Waals surface area (Å²) in [5, 5.41) is 21.0. The molecule has 238 valence electrons. The Morgan fingerprint density at radius 3 is 2.32 bits per heavy atom. The van der Waals surface area contributed by atoms with Gasteiger partial charge in [0.15, 0.2) is 0 Å². The molecule has 14 heteroatoms. The molecule has 1 saturated carbocycles. The molecule has 0 bridgehead atoms. The largest absolute Gasteiger partial charge is 0.480 e. The summed E-state index contributed by atoms with van der Waals surface area (Å²) in [4.78, 5) is 30.8. The summed E-state index contributed by atoms with van der Waals surface area (Å²) in [6, 6.07) is 12.5. The van der Waals surface area contributed by atoms with E-state index in [0.29, 0.717) is 30.4 Å². The van der Waals surface area contributed by atoms with Crippen molar-refractivity contribution in [3.8, 4) is 11.5 Å². The molecule has 13 nitrogen and oxygen atoms in total. The molecule has 0 radical (unpaired) electrons. The third-order valence-electron chi connectivity index (χ3n) is 7.32. The number of rotatable bonds is 12. The highest BCUT2D eigenvalue weighted by molar-refractivity contribution is 7.92. The number of benzene rings is 1. The number of aliphatic carboxylic acids is 1. The smallest absolute Gasteiger partial charge is 0.408 e. The van der Waals surface area contributed by atoms with Crippen molar-refractivity contribution in [2.45, 2.75) is 58.6 Å². The van der Waals surface area contributed by atoms with Crippen molar-refractivity contribution in [1.29, 1.82) is 0 Å². The maximum absolute atomic E-state index is 12.9. The lowest BCUT2D eigenvalue weighted by Gasteiger charge is -2.29. The van der Waals surface area contributed by atoms with Gasteiger partial charge in [-0.3, -0.25) is 9.10 Å². The minimum absolute atomic E-state index is 0.0344. The van der Waals surface area contributed by atoms with Crippen LogP contribution >= 0.6 is 0 Å². The highest BCUT2D eigenvalue weighted by Gasteiger charge is 2.38. The van der Waals surface area contributed by atoms with Gasteiger partial charge in [-0.25, -0.2) is 18.2 Å².